The van der Waals surface area contributed by atoms with Crippen molar-refractivity contribution in [1.29, 1.82) is 0 Å². The fraction of sp³-hybridized carbons (Fsp3) is 0.500. The van der Waals surface area contributed by atoms with Crippen LogP contribution < -0.4 is 69.1 Å². The van der Waals surface area contributed by atoms with Crippen molar-refractivity contribution in [2.45, 2.75) is 0 Å². The maximum atomic E-state index is 9.70. The van der Waals surface area contributed by atoms with Crippen LogP contribution >= 0.6 is 7.37 Å². The van der Waals surface area contributed by atoms with Crippen molar-refractivity contribution in [3.05, 3.63) is 0 Å². The van der Waals surface area contributed by atoms with Crippen LogP contribution in [0.5, 0.6) is 0 Å². The van der Waals surface area contributed by atoms with E-state index in [1.165, 1.54) is 0 Å². The molecule has 0 amide bonds. The maximum absolute atomic E-state index is 9.70. The molecule has 0 fully saturated rings. The summed E-state index contributed by atoms with van der Waals surface area (Å²) in [5.41, 5.74) is -2.01. The van der Waals surface area contributed by atoms with Crippen molar-refractivity contribution in [3.8, 4) is 0 Å². The summed E-state index contributed by atoms with van der Waals surface area (Å²) < 4.78 is 9.70. The second-order valence-corrected chi connectivity index (χ2v) is 3.17. The summed E-state index contributed by atoms with van der Waals surface area (Å²) in [5, 5.41) is 9.33. The van der Waals surface area contributed by atoms with Crippen LogP contribution in [0.1, 0.15) is 0 Å². The Morgan fingerprint density at radius 1 is 1.44 bits per heavy atom. The molecule has 4 nitrogen and oxygen atoms in total. The standard InChI is InChI=1S/C2H5O4P.2Na/c1-7(5,6)2(3)4;;/h1H3,(H,3,4)(H,5,6);;/q;2*+1/p-2. The van der Waals surface area contributed by atoms with Gasteiger partial charge in [0.25, 0.3) is 0 Å². The van der Waals surface area contributed by atoms with Gasteiger partial charge in [-0.25, -0.2) is 0 Å². The molecule has 0 aromatic carbocycles. The van der Waals surface area contributed by atoms with Crippen molar-refractivity contribution in [2.75, 3.05) is 6.66 Å². The topological polar surface area (TPSA) is 80.3 Å². The molecule has 0 spiro atoms. The molecule has 1 unspecified atom stereocenters. The van der Waals surface area contributed by atoms with Gasteiger partial charge in [-0.1, -0.05) is 0 Å². The van der Waals surface area contributed by atoms with Gasteiger partial charge in [-0.15, -0.1) is 0 Å². The Bertz CT molecular complexity index is 129. The molecule has 0 aliphatic rings. The molecule has 0 saturated carbocycles. The van der Waals surface area contributed by atoms with E-state index in [1.54, 1.807) is 0 Å². The van der Waals surface area contributed by atoms with Crippen molar-refractivity contribution in [1.82, 2.24) is 0 Å². The molecule has 0 aliphatic heterocycles. The third-order valence-corrected chi connectivity index (χ3v) is 0.995. The number of carbonyl (C=O) groups excluding carboxylic acids is 1. The number of carboxylic acid groups (broad SMARTS) is 1. The first kappa shape index (κ1) is 17.0. The predicted molar refractivity (Wildman–Crippen MR) is 18.9 cm³/mol. The molecule has 1 atom stereocenters. The second-order valence-electron chi connectivity index (χ2n) is 1.11. The van der Waals surface area contributed by atoms with Gasteiger partial charge < -0.3 is 19.4 Å². The van der Waals surface area contributed by atoms with E-state index in [1.807, 2.05) is 0 Å². The molecule has 0 saturated heterocycles. The van der Waals surface area contributed by atoms with Gasteiger partial charge in [0.05, 0.1) is 13.1 Å². The maximum Gasteiger partial charge on any atom is 1.00 e. The molecule has 0 N–H and O–H groups in total. The molecule has 0 rings (SSSR count). The second kappa shape index (κ2) is 6.38. The Balaban J connectivity index is -0.000000180. The zero-order chi connectivity index (χ0) is 6.08. The van der Waals surface area contributed by atoms with Crippen molar-refractivity contribution >= 4 is 13.1 Å². The van der Waals surface area contributed by atoms with E-state index in [0.29, 0.717) is 6.66 Å². The monoisotopic (exact) mass is 168 g/mol. The van der Waals surface area contributed by atoms with Gasteiger partial charge >= 0.3 is 59.1 Å². The quantitative estimate of drug-likeness (QED) is 0.287. The fourth-order valence-corrected chi connectivity index (χ4v) is 0. The number of carbonyl (C=O) groups is 1. The minimum atomic E-state index is -4.18. The smallest absolute Gasteiger partial charge is 0.795 e. The molecule has 42 valence electrons. The normalized spacial score (nSPS) is 14.0. The van der Waals surface area contributed by atoms with Crippen LogP contribution in [0.3, 0.4) is 0 Å². The van der Waals surface area contributed by atoms with Crippen LogP contribution in [0.4, 0.5) is 4.79 Å². The molecule has 0 aromatic rings. The summed E-state index contributed by atoms with van der Waals surface area (Å²) in [6.07, 6.45) is 0. The Kier molecular flexibility index (Phi) is 12.0. The Hall–Kier alpha value is 1.66. The molecule has 7 heteroatoms. The number of hydrogen-bond donors (Lipinski definition) is 0. The third-order valence-electron chi connectivity index (χ3n) is 0.332. The number of hydrogen-bond acceptors (Lipinski definition) is 4. The van der Waals surface area contributed by atoms with Crippen LogP contribution in [-0.4, -0.2) is 12.4 Å². The molecule has 0 bridgehead atoms. The van der Waals surface area contributed by atoms with E-state index in [9.17, 15) is 19.4 Å². The van der Waals surface area contributed by atoms with Gasteiger partial charge in [0.2, 0.25) is 0 Å². The summed E-state index contributed by atoms with van der Waals surface area (Å²) >= 11 is 0. The Morgan fingerprint density at radius 3 is 1.56 bits per heavy atom. The van der Waals surface area contributed by atoms with Crippen LogP contribution in [0.2, 0.25) is 0 Å². The van der Waals surface area contributed by atoms with Gasteiger partial charge in [0, 0.05) is 0 Å². The summed E-state index contributed by atoms with van der Waals surface area (Å²) in [6, 6.07) is 0. The Labute approximate surface area is 97.1 Å². The van der Waals surface area contributed by atoms with E-state index < -0.39 is 13.1 Å². The average Bonchev–Trinajstić information content (AvgIpc) is 1.31. The van der Waals surface area contributed by atoms with E-state index in [2.05, 4.69) is 0 Å². The van der Waals surface area contributed by atoms with E-state index in [-0.39, 0.29) is 59.1 Å². The van der Waals surface area contributed by atoms with E-state index in [0.717, 1.165) is 0 Å². The molecule has 0 aliphatic carbocycles. The molecular formula is C2H3Na2O4P. The van der Waals surface area contributed by atoms with Gasteiger partial charge in [-0.2, -0.15) is 0 Å². The minimum absolute atomic E-state index is 0. The van der Waals surface area contributed by atoms with E-state index >= 15 is 0 Å². The summed E-state index contributed by atoms with van der Waals surface area (Å²) in [5.74, 6) is 0. The molecule has 0 heterocycles. The first-order valence-electron chi connectivity index (χ1n) is 1.44. The summed E-state index contributed by atoms with van der Waals surface area (Å²) in [4.78, 5) is 19.0. The van der Waals surface area contributed by atoms with Crippen LogP contribution in [-0.2, 0) is 4.57 Å². The van der Waals surface area contributed by atoms with Gasteiger partial charge in [-0.05, 0) is 6.66 Å². The van der Waals surface area contributed by atoms with Gasteiger partial charge in [0.1, 0.15) is 0 Å². The van der Waals surface area contributed by atoms with Gasteiger partial charge in [0.15, 0.2) is 0 Å². The minimum Gasteiger partial charge on any atom is -0.795 e. The van der Waals surface area contributed by atoms with Crippen molar-refractivity contribution in [2.24, 2.45) is 0 Å². The average molecular weight is 168 g/mol. The fourth-order valence-electron chi connectivity index (χ4n) is 0. The Morgan fingerprint density at radius 2 is 1.56 bits per heavy atom. The summed E-state index contributed by atoms with van der Waals surface area (Å²) in [6.45, 7) is 0.600. The molecule has 0 aromatic heterocycles. The van der Waals surface area contributed by atoms with Crippen molar-refractivity contribution < 1.29 is 78.5 Å². The van der Waals surface area contributed by atoms with Crippen LogP contribution in [0.15, 0.2) is 0 Å². The largest absolute Gasteiger partial charge is 1.00 e. The third kappa shape index (κ3) is 9.66. The number of rotatable bonds is 1. The predicted octanol–water partition coefficient (Wildman–Crippen LogP) is -7.39. The van der Waals surface area contributed by atoms with E-state index in [4.69, 9.17) is 0 Å². The SMILES string of the molecule is CP(=O)([O-])C(=O)[O-].[Na+].[Na+]. The molecule has 9 heavy (non-hydrogen) atoms. The van der Waals surface area contributed by atoms with Gasteiger partial charge in [-0.3, -0.25) is 0 Å². The van der Waals surface area contributed by atoms with Crippen LogP contribution in [0.25, 0.3) is 0 Å². The first-order valence-corrected chi connectivity index (χ1v) is 3.52. The van der Waals surface area contributed by atoms with Crippen LogP contribution in [0, 0.1) is 0 Å². The molecule has 0 radical (unpaired) electrons. The first-order chi connectivity index (χ1) is 2.94. The summed E-state index contributed by atoms with van der Waals surface area (Å²) in [7, 11) is -4.18. The molecular weight excluding hydrogens is 165 g/mol. The zero-order valence-electron chi connectivity index (χ0n) is 5.58. The zero-order valence-corrected chi connectivity index (χ0v) is 10.5. The van der Waals surface area contributed by atoms with Crippen molar-refractivity contribution in [3.63, 3.8) is 0 Å².